The van der Waals surface area contributed by atoms with Crippen molar-refractivity contribution in [3.8, 4) is 0 Å². The van der Waals surface area contributed by atoms with Crippen molar-refractivity contribution < 1.29 is 4.79 Å². The van der Waals surface area contributed by atoms with Gasteiger partial charge in [-0.25, -0.2) is 0 Å². The monoisotopic (exact) mass is 195 g/mol. The molecule has 1 heterocycles. The molecular weight excluding hydrogens is 174 g/mol. The molecule has 80 valence electrons. The van der Waals surface area contributed by atoms with Gasteiger partial charge in [-0.2, -0.15) is 0 Å². The Kier molecular flexibility index (Phi) is 4.88. The van der Waals surface area contributed by atoms with Gasteiger partial charge in [-0.15, -0.1) is 0 Å². The van der Waals surface area contributed by atoms with Crippen LogP contribution in [0.15, 0.2) is 11.6 Å². The quantitative estimate of drug-likeness (QED) is 0.683. The predicted octanol–water partition coefficient (Wildman–Crippen LogP) is 2.44. The van der Waals surface area contributed by atoms with Crippen LogP contribution in [0.2, 0.25) is 0 Å². The first-order chi connectivity index (χ1) is 6.79. The minimum absolute atomic E-state index is 0.111. The van der Waals surface area contributed by atoms with Crippen LogP contribution < -0.4 is 5.32 Å². The highest BCUT2D eigenvalue weighted by Crippen LogP contribution is 2.15. The van der Waals surface area contributed by atoms with E-state index in [2.05, 4.69) is 25.2 Å². The molecule has 0 bridgehead atoms. The average Bonchev–Trinajstić information content (AvgIpc) is 2.69. The van der Waals surface area contributed by atoms with Crippen molar-refractivity contribution in [3.63, 3.8) is 0 Å². The fraction of sp³-hybridized carbons (Fsp3) is 0.750. The van der Waals surface area contributed by atoms with E-state index in [1.54, 1.807) is 0 Å². The van der Waals surface area contributed by atoms with Gasteiger partial charge < -0.3 is 5.32 Å². The summed E-state index contributed by atoms with van der Waals surface area (Å²) in [6, 6.07) is 0.111. The zero-order chi connectivity index (χ0) is 10.4. The maximum atomic E-state index is 12.0. The number of carbonyl (C=O) groups is 1. The van der Waals surface area contributed by atoms with E-state index in [1.807, 2.05) is 0 Å². The molecule has 1 unspecified atom stereocenters. The lowest BCUT2D eigenvalue weighted by atomic mass is 9.98. The molecule has 2 heteroatoms. The van der Waals surface area contributed by atoms with Crippen LogP contribution in [0.4, 0.5) is 0 Å². The Morgan fingerprint density at radius 3 is 2.79 bits per heavy atom. The summed E-state index contributed by atoms with van der Waals surface area (Å²) < 4.78 is 0. The van der Waals surface area contributed by atoms with Crippen molar-refractivity contribution >= 4 is 5.78 Å². The second kappa shape index (κ2) is 5.97. The van der Waals surface area contributed by atoms with Gasteiger partial charge in [0, 0.05) is 0 Å². The van der Waals surface area contributed by atoms with E-state index in [1.165, 1.54) is 0 Å². The van der Waals surface area contributed by atoms with Crippen molar-refractivity contribution in [3.05, 3.63) is 11.6 Å². The summed E-state index contributed by atoms with van der Waals surface area (Å²) in [5.41, 5.74) is 1.04. The topological polar surface area (TPSA) is 29.1 Å². The summed E-state index contributed by atoms with van der Waals surface area (Å²) in [7, 11) is 0. The number of ketones is 1. The fourth-order valence-corrected chi connectivity index (χ4v) is 1.97. The number of allylic oxidation sites excluding steroid dienone is 1. The molecule has 1 aliphatic rings. The van der Waals surface area contributed by atoms with E-state index in [9.17, 15) is 4.79 Å². The van der Waals surface area contributed by atoms with Crippen LogP contribution in [0.25, 0.3) is 0 Å². The summed E-state index contributed by atoms with van der Waals surface area (Å²) in [5.74, 6) is 0.339. The largest absolute Gasteiger partial charge is 0.307 e. The Morgan fingerprint density at radius 1 is 1.50 bits per heavy atom. The van der Waals surface area contributed by atoms with Crippen LogP contribution in [-0.2, 0) is 4.79 Å². The van der Waals surface area contributed by atoms with E-state index in [0.717, 1.165) is 44.2 Å². The maximum absolute atomic E-state index is 12.0. The van der Waals surface area contributed by atoms with E-state index in [4.69, 9.17) is 0 Å². The van der Waals surface area contributed by atoms with Gasteiger partial charge in [-0.05, 0) is 37.8 Å². The van der Waals surface area contributed by atoms with Crippen molar-refractivity contribution in [1.29, 1.82) is 0 Å². The third kappa shape index (κ3) is 2.95. The molecule has 0 radical (unpaired) electrons. The highest BCUT2D eigenvalue weighted by molar-refractivity contribution is 5.99. The molecule has 0 amide bonds. The maximum Gasteiger partial charge on any atom is 0.175 e. The zero-order valence-corrected chi connectivity index (χ0v) is 9.31. The smallest absolute Gasteiger partial charge is 0.175 e. The van der Waals surface area contributed by atoms with E-state index < -0.39 is 0 Å². The lowest BCUT2D eigenvalue weighted by Gasteiger charge is -2.11. The molecule has 0 aromatic rings. The first-order valence-corrected chi connectivity index (χ1v) is 5.76. The van der Waals surface area contributed by atoms with E-state index in [0.29, 0.717) is 5.78 Å². The molecular formula is C12H21NO. The number of carbonyl (C=O) groups excluding carboxylic acids is 1. The minimum atomic E-state index is 0.111. The SMILES string of the molecule is CCC=C(CCC)C(=O)C1CCCN1. The van der Waals surface area contributed by atoms with Crippen LogP contribution >= 0.6 is 0 Å². The van der Waals surface area contributed by atoms with Crippen molar-refractivity contribution in [2.75, 3.05) is 6.54 Å². The molecule has 1 fully saturated rings. The second-order valence-corrected chi connectivity index (χ2v) is 3.90. The van der Waals surface area contributed by atoms with E-state index in [-0.39, 0.29) is 6.04 Å². The van der Waals surface area contributed by atoms with Gasteiger partial charge in [0.05, 0.1) is 6.04 Å². The third-order valence-electron chi connectivity index (χ3n) is 2.66. The van der Waals surface area contributed by atoms with Gasteiger partial charge in [0.15, 0.2) is 5.78 Å². The highest BCUT2D eigenvalue weighted by atomic mass is 16.1. The van der Waals surface area contributed by atoms with Crippen LogP contribution in [0.5, 0.6) is 0 Å². The van der Waals surface area contributed by atoms with Gasteiger partial charge in [0.2, 0.25) is 0 Å². The number of Topliss-reactive ketones (excluding diaryl/α,β-unsaturated/α-hetero) is 1. The normalized spacial score (nSPS) is 22.7. The Balaban J connectivity index is 2.57. The third-order valence-corrected chi connectivity index (χ3v) is 2.66. The Morgan fingerprint density at radius 2 is 2.29 bits per heavy atom. The van der Waals surface area contributed by atoms with Crippen LogP contribution in [0.3, 0.4) is 0 Å². The summed E-state index contributed by atoms with van der Waals surface area (Å²) in [5, 5.41) is 3.26. The lowest BCUT2D eigenvalue weighted by molar-refractivity contribution is -0.117. The number of hydrogen-bond donors (Lipinski definition) is 1. The first kappa shape index (κ1) is 11.4. The second-order valence-electron chi connectivity index (χ2n) is 3.90. The molecule has 0 aromatic heterocycles. The molecule has 1 N–H and O–H groups in total. The van der Waals surface area contributed by atoms with Crippen LogP contribution in [0, 0.1) is 0 Å². The standard InChI is InChI=1S/C12H21NO/c1-3-6-10(7-4-2)12(14)11-8-5-9-13-11/h6,11,13H,3-5,7-9H2,1-2H3. The molecule has 0 aliphatic carbocycles. The average molecular weight is 195 g/mol. The predicted molar refractivity (Wildman–Crippen MR) is 59.3 cm³/mol. The van der Waals surface area contributed by atoms with Gasteiger partial charge >= 0.3 is 0 Å². The molecule has 1 atom stereocenters. The summed E-state index contributed by atoms with van der Waals surface area (Å²) >= 11 is 0. The molecule has 1 aliphatic heterocycles. The molecule has 2 nitrogen and oxygen atoms in total. The van der Waals surface area contributed by atoms with Gasteiger partial charge in [0.1, 0.15) is 0 Å². The van der Waals surface area contributed by atoms with Crippen LogP contribution in [-0.4, -0.2) is 18.4 Å². The molecule has 1 saturated heterocycles. The van der Waals surface area contributed by atoms with Gasteiger partial charge in [0.25, 0.3) is 0 Å². The van der Waals surface area contributed by atoms with Crippen LogP contribution in [0.1, 0.15) is 46.0 Å². The van der Waals surface area contributed by atoms with Crippen molar-refractivity contribution in [2.45, 2.75) is 52.0 Å². The Bertz CT molecular complexity index is 214. The molecule has 1 rings (SSSR count). The Hall–Kier alpha value is -0.630. The molecule has 14 heavy (non-hydrogen) atoms. The van der Waals surface area contributed by atoms with Gasteiger partial charge in [-0.3, -0.25) is 4.79 Å². The minimum Gasteiger partial charge on any atom is -0.307 e. The first-order valence-electron chi connectivity index (χ1n) is 5.76. The fourth-order valence-electron chi connectivity index (χ4n) is 1.97. The van der Waals surface area contributed by atoms with Gasteiger partial charge in [-0.1, -0.05) is 26.3 Å². The number of rotatable bonds is 5. The lowest BCUT2D eigenvalue weighted by Crippen LogP contribution is -2.31. The summed E-state index contributed by atoms with van der Waals surface area (Å²) in [6.45, 7) is 5.21. The van der Waals surface area contributed by atoms with E-state index >= 15 is 0 Å². The highest BCUT2D eigenvalue weighted by Gasteiger charge is 2.23. The summed E-state index contributed by atoms with van der Waals surface area (Å²) in [6.07, 6.45) is 7.21. The van der Waals surface area contributed by atoms with Crippen molar-refractivity contribution in [1.82, 2.24) is 5.32 Å². The Labute approximate surface area is 86.8 Å². The zero-order valence-electron chi connectivity index (χ0n) is 9.31. The number of hydrogen-bond acceptors (Lipinski definition) is 2. The summed E-state index contributed by atoms with van der Waals surface area (Å²) in [4.78, 5) is 12.0. The molecule has 0 spiro atoms. The molecule has 0 saturated carbocycles. The molecule has 0 aromatic carbocycles. The number of nitrogens with one attached hydrogen (secondary N) is 1. The van der Waals surface area contributed by atoms with Crippen molar-refractivity contribution in [2.24, 2.45) is 0 Å².